The number of nitrogens with zero attached hydrogens (tertiary/aromatic N) is 3. The molecular weight excluding hydrogens is 764 g/mol. The van der Waals surface area contributed by atoms with E-state index in [2.05, 4.69) is 133 Å². The highest BCUT2D eigenvalue weighted by molar-refractivity contribution is 6.27. The molecule has 0 fully saturated rings. The maximum atomic E-state index is 9.10. The molecule has 12 nitrogen and oxygen atoms in total. The molecular formula is C46H45ClN8O4. The second kappa shape index (κ2) is 19.4. The molecule has 0 spiro atoms. The number of aryl methyl sites for hydroxylation is 1. The number of H-pyrrole nitrogens is 3. The normalized spacial score (nSPS) is 11.6. The predicted molar refractivity (Wildman–Crippen MR) is 239 cm³/mol. The van der Waals surface area contributed by atoms with Gasteiger partial charge in [0.25, 0.3) is 0 Å². The lowest BCUT2D eigenvalue weighted by atomic mass is 10.1. The summed E-state index contributed by atoms with van der Waals surface area (Å²) in [5.74, 6) is -3.65. The Morgan fingerprint density at radius 1 is 0.661 bits per heavy atom. The van der Waals surface area contributed by atoms with Crippen LogP contribution in [0.25, 0.3) is 65.4 Å². The molecule has 1 aliphatic rings. The van der Waals surface area contributed by atoms with Gasteiger partial charge in [0.2, 0.25) is 0 Å². The van der Waals surface area contributed by atoms with Gasteiger partial charge in [0.1, 0.15) is 0 Å². The van der Waals surface area contributed by atoms with Crippen LogP contribution >= 0.6 is 12.4 Å². The number of hydrogen-bond acceptors (Lipinski definition) is 6. The summed E-state index contributed by atoms with van der Waals surface area (Å²) in [6, 6.07) is 37.6. The van der Waals surface area contributed by atoms with Gasteiger partial charge >= 0.3 is 11.9 Å². The van der Waals surface area contributed by atoms with Gasteiger partial charge in [-0.15, -0.1) is 12.4 Å². The second-order valence-corrected chi connectivity index (χ2v) is 13.6. The topological polar surface area (TPSA) is 191 Å². The molecule has 300 valence electrons. The number of aliphatic carboxylic acids is 2. The Balaban J connectivity index is 0.000000126. The number of carbonyl (C=O) groups is 2. The molecule has 0 bridgehead atoms. The van der Waals surface area contributed by atoms with Gasteiger partial charge in [0.15, 0.2) is 0 Å². The van der Waals surface area contributed by atoms with Crippen molar-refractivity contribution in [2.45, 2.75) is 19.4 Å². The highest BCUT2D eigenvalue weighted by Gasteiger charge is 2.13. The fourth-order valence-corrected chi connectivity index (χ4v) is 7.32. The summed E-state index contributed by atoms with van der Waals surface area (Å²) >= 11 is 0. The average Bonchev–Trinajstić information content (AvgIpc) is 4.03. The van der Waals surface area contributed by atoms with Gasteiger partial charge < -0.3 is 40.8 Å². The Kier molecular flexibility index (Phi) is 13.7. The van der Waals surface area contributed by atoms with Crippen molar-refractivity contribution in [3.05, 3.63) is 157 Å². The molecule has 0 saturated heterocycles. The molecule has 0 radical (unpaired) electrons. The van der Waals surface area contributed by atoms with E-state index in [9.17, 15) is 0 Å². The Bertz CT molecular complexity index is 2870. The first kappa shape index (κ1) is 41.6. The van der Waals surface area contributed by atoms with Crippen LogP contribution in [-0.2, 0) is 36.0 Å². The van der Waals surface area contributed by atoms with E-state index in [4.69, 9.17) is 25.5 Å². The van der Waals surface area contributed by atoms with Crippen molar-refractivity contribution in [2.75, 3.05) is 13.1 Å². The van der Waals surface area contributed by atoms with E-state index < -0.39 is 11.9 Å². The molecule has 13 heteroatoms. The minimum atomic E-state index is -1.82. The van der Waals surface area contributed by atoms with Crippen molar-refractivity contribution in [2.24, 2.45) is 12.8 Å². The van der Waals surface area contributed by atoms with Crippen molar-refractivity contribution in [1.82, 2.24) is 34.8 Å². The Morgan fingerprint density at radius 2 is 1.22 bits per heavy atom. The van der Waals surface area contributed by atoms with Gasteiger partial charge in [0.05, 0.1) is 23.4 Å². The number of aromatic amines is 3. The molecule has 11 rings (SSSR count). The highest BCUT2D eigenvalue weighted by atomic mass is 35.5. The molecule has 6 aromatic heterocycles. The van der Waals surface area contributed by atoms with E-state index in [1.165, 1.54) is 76.7 Å². The number of para-hydroxylation sites is 4. The van der Waals surface area contributed by atoms with Gasteiger partial charge in [0, 0.05) is 92.3 Å². The lowest BCUT2D eigenvalue weighted by Crippen LogP contribution is -2.22. The van der Waals surface area contributed by atoms with Crippen LogP contribution in [0, 0.1) is 0 Å². The zero-order valence-corrected chi connectivity index (χ0v) is 33.2. The third kappa shape index (κ3) is 9.43. The van der Waals surface area contributed by atoms with Crippen LogP contribution in [0.3, 0.4) is 0 Å². The number of nitrogens with one attached hydrogen (secondary N) is 4. The first-order valence-corrected chi connectivity index (χ1v) is 18.9. The number of nitrogens with two attached hydrogens (primary N) is 1. The first-order chi connectivity index (χ1) is 28.3. The number of hydrogen-bond donors (Lipinski definition) is 7. The molecule has 1 aliphatic heterocycles. The fraction of sp³-hybridized carbons (Fsp3) is 0.130. The van der Waals surface area contributed by atoms with Crippen LogP contribution in [0.2, 0.25) is 0 Å². The molecule has 7 heterocycles. The molecule has 59 heavy (non-hydrogen) atoms. The lowest BCUT2D eigenvalue weighted by Gasteiger charge is -2.12. The number of rotatable bonds is 2. The quantitative estimate of drug-likeness (QED) is 0.0846. The summed E-state index contributed by atoms with van der Waals surface area (Å²) in [7, 11) is 2.08. The van der Waals surface area contributed by atoms with Crippen LogP contribution in [0.15, 0.2) is 140 Å². The van der Waals surface area contributed by atoms with E-state index in [1.807, 2.05) is 49.2 Å². The van der Waals surface area contributed by atoms with Crippen molar-refractivity contribution in [3.8, 4) is 0 Å². The maximum absolute atomic E-state index is 9.10. The third-order valence-electron chi connectivity index (χ3n) is 10.1. The standard InChI is InChI=1S/C12H10N2.C11H12N2.C11H8N2.C10H12N2.C2H2O4.ClH/c1-14-11-5-3-2-4-9(11)10-6-7-13-8-12(10)14;2*1-2-4-10-8(3-1)9-5-6-12-7-11(9)13-10;11-6-5-8-7-12-10-4-2-1-3-9(8)10;3-1(4)2(5)6;/h2-8H,1H3;1-4,12-13H,5-7H2;1-7,13H;1-4,7,12H,5-6,11H2;(H,3,4)(H,5,6);1H. The van der Waals surface area contributed by atoms with Crippen LogP contribution < -0.4 is 11.1 Å². The average molecular weight is 809 g/mol. The zero-order valence-electron chi connectivity index (χ0n) is 32.4. The van der Waals surface area contributed by atoms with Crippen LogP contribution in [-0.4, -0.2) is 64.7 Å². The molecule has 8 N–H and O–H groups in total. The number of aromatic nitrogens is 6. The minimum Gasteiger partial charge on any atom is -0.473 e. The SMILES string of the molecule is Cl.Cn1c2ccccc2c2ccncc21.NCCc1c[nH]c2ccccc12.O=C(O)C(=O)O.c1ccc2c(c1)[nH]c1cnccc12.c1ccc2c3c([nH]c2c1)CNCC3. The number of fused-ring (bicyclic) bond motifs is 10. The number of pyridine rings is 2. The van der Waals surface area contributed by atoms with Crippen LogP contribution in [0.4, 0.5) is 0 Å². The number of carboxylic acid groups (broad SMARTS) is 2. The van der Waals surface area contributed by atoms with Gasteiger partial charge in [-0.3, -0.25) is 9.97 Å². The molecule has 0 amide bonds. The minimum absolute atomic E-state index is 0. The molecule has 4 aromatic carbocycles. The Morgan fingerprint density at radius 3 is 1.93 bits per heavy atom. The van der Waals surface area contributed by atoms with E-state index in [-0.39, 0.29) is 12.4 Å². The highest BCUT2D eigenvalue weighted by Crippen LogP contribution is 2.27. The smallest absolute Gasteiger partial charge is 0.414 e. The lowest BCUT2D eigenvalue weighted by molar-refractivity contribution is -0.159. The van der Waals surface area contributed by atoms with Crippen LogP contribution in [0.1, 0.15) is 16.8 Å². The molecule has 0 saturated carbocycles. The van der Waals surface area contributed by atoms with Crippen LogP contribution in [0.5, 0.6) is 0 Å². The van der Waals surface area contributed by atoms with E-state index in [0.717, 1.165) is 31.4 Å². The third-order valence-corrected chi connectivity index (χ3v) is 10.1. The monoisotopic (exact) mass is 808 g/mol. The van der Waals surface area contributed by atoms with E-state index in [0.29, 0.717) is 6.54 Å². The maximum Gasteiger partial charge on any atom is 0.414 e. The van der Waals surface area contributed by atoms with Gasteiger partial charge in [-0.05, 0) is 73.5 Å². The van der Waals surface area contributed by atoms with Gasteiger partial charge in [-0.2, -0.15) is 0 Å². The Labute approximate surface area is 345 Å². The summed E-state index contributed by atoms with van der Waals surface area (Å²) in [6.07, 6.45) is 11.6. The number of benzene rings is 4. The van der Waals surface area contributed by atoms with E-state index in [1.54, 1.807) is 0 Å². The molecule has 10 aromatic rings. The summed E-state index contributed by atoms with van der Waals surface area (Å²) in [4.78, 5) is 36.4. The van der Waals surface area contributed by atoms with Crippen molar-refractivity contribution < 1.29 is 19.8 Å². The second-order valence-electron chi connectivity index (χ2n) is 13.6. The van der Waals surface area contributed by atoms with Gasteiger partial charge in [-0.1, -0.05) is 72.8 Å². The molecule has 0 atom stereocenters. The largest absolute Gasteiger partial charge is 0.473 e. The first-order valence-electron chi connectivity index (χ1n) is 18.9. The number of carboxylic acids is 2. The number of halogens is 1. The summed E-state index contributed by atoms with van der Waals surface area (Å²) in [5, 5.41) is 25.9. The summed E-state index contributed by atoms with van der Waals surface area (Å²) in [5.41, 5.74) is 16.9. The van der Waals surface area contributed by atoms with Gasteiger partial charge in [-0.25, -0.2) is 9.59 Å². The fourth-order valence-electron chi connectivity index (χ4n) is 7.32. The van der Waals surface area contributed by atoms with E-state index >= 15 is 0 Å². The zero-order chi connectivity index (χ0) is 40.4. The van der Waals surface area contributed by atoms with Crippen molar-refractivity contribution in [3.63, 3.8) is 0 Å². The summed E-state index contributed by atoms with van der Waals surface area (Å²) in [6.45, 7) is 2.81. The Hall–Kier alpha value is -6.99. The predicted octanol–water partition coefficient (Wildman–Crippen LogP) is 8.50. The molecule has 0 unspecified atom stereocenters. The van der Waals surface area contributed by atoms with Crippen molar-refractivity contribution >= 4 is 89.8 Å². The van der Waals surface area contributed by atoms with Crippen molar-refractivity contribution in [1.29, 1.82) is 0 Å². The summed E-state index contributed by atoms with van der Waals surface area (Å²) < 4.78 is 2.18. The molecule has 0 aliphatic carbocycles.